The lowest BCUT2D eigenvalue weighted by atomic mass is 10.0. The number of nitrogens with zero attached hydrogens (tertiary/aromatic N) is 3. The summed E-state index contributed by atoms with van der Waals surface area (Å²) in [4.78, 5) is 28.1. The van der Waals surface area contributed by atoms with Crippen LogP contribution in [0.25, 0.3) is 10.8 Å². The maximum absolute atomic E-state index is 11.8. The van der Waals surface area contributed by atoms with E-state index in [0.29, 0.717) is 30.9 Å². The van der Waals surface area contributed by atoms with Crippen molar-refractivity contribution in [2.45, 2.75) is 25.8 Å². The summed E-state index contributed by atoms with van der Waals surface area (Å²) >= 11 is 0. The predicted molar refractivity (Wildman–Crippen MR) is 159 cm³/mol. The standard InChI is InChI=1S/C30H37N5O5/c1-4-33-13-15-34(16-14-33)23-8-5-7-20-21(23)18-35(30(20)38)22(19-10-11-24(39-2)25(17-19)40-3)9-6-12-32-27-26(31)28(36)29(27)37/h5,7-8,10-11,17-18,22,32,38H,4,6,9,12-16,31H2,1-3H3/t22-/m1/s1. The van der Waals surface area contributed by atoms with E-state index in [0.717, 1.165) is 54.7 Å². The monoisotopic (exact) mass is 547 g/mol. The number of anilines is 3. The number of piperazine rings is 1. The van der Waals surface area contributed by atoms with E-state index in [9.17, 15) is 14.7 Å². The van der Waals surface area contributed by atoms with Crippen molar-refractivity contribution in [1.82, 2.24) is 9.47 Å². The van der Waals surface area contributed by atoms with Crippen LogP contribution in [0.2, 0.25) is 0 Å². The second-order valence-corrected chi connectivity index (χ2v) is 10.2. The molecule has 0 radical (unpaired) electrons. The summed E-state index contributed by atoms with van der Waals surface area (Å²) in [6.45, 7) is 7.58. The van der Waals surface area contributed by atoms with Crippen LogP contribution in [-0.4, -0.2) is 68.1 Å². The SMILES string of the molecule is CCN1CCN(c2cccc3c(O)n([C@H](CCCNc4c(N)c(=O)c4=O)c4ccc(OC)c(OC)c4)cc23)CC1. The summed E-state index contributed by atoms with van der Waals surface area (Å²) in [6.07, 6.45) is 3.32. The highest BCUT2D eigenvalue weighted by Crippen LogP contribution is 2.40. The molecule has 0 unspecified atom stereocenters. The molecule has 3 aromatic carbocycles. The minimum Gasteiger partial charge on any atom is -0.494 e. The Labute approximate surface area is 233 Å². The number of aromatic nitrogens is 1. The van der Waals surface area contributed by atoms with Crippen LogP contribution >= 0.6 is 0 Å². The minimum absolute atomic E-state index is 0.0111. The smallest absolute Gasteiger partial charge is 0.253 e. The van der Waals surface area contributed by atoms with Gasteiger partial charge in [0.15, 0.2) is 17.4 Å². The van der Waals surface area contributed by atoms with Gasteiger partial charge in [-0.05, 0) is 49.2 Å². The van der Waals surface area contributed by atoms with E-state index in [1.807, 2.05) is 41.1 Å². The summed E-state index contributed by atoms with van der Waals surface area (Å²) < 4.78 is 12.9. The topological polar surface area (TPSA) is 122 Å². The summed E-state index contributed by atoms with van der Waals surface area (Å²) in [5.41, 5.74) is 6.70. The van der Waals surface area contributed by atoms with Crippen molar-refractivity contribution in [2.75, 3.05) is 69.4 Å². The lowest BCUT2D eigenvalue weighted by Crippen LogP contribution is -2.46. The molecule has 10 nitrogen and oxygen atoms in total. The molecule has 1 atom stereocenters. The molecule has 0 spiro atoms. The number of methoxy groups -OCH3 is 2. The molecular weight excluding hydrogens is 510 g/mol. The molecule has 1 fully saturated rings. The molecule has 4 N–H and O–H groups in total. The molecular formula is C30H37N5O5. The van der Waals surface area contributed by atoms with Crippen LogP contribution in [0.4, 0.5) is 17.1 Å². The van der Waals surface area contributed by atoms with E-state index in [4.69, 9.17) is 15.2 Å². The summed E-state index contributed by atoms with van der Waals surface area (Å²) in [7, 11) is 3.20. The largest absolute Gasteiger partial charge is 0.494 e. The lowest BCUT2D eigenvalue weighted by molar-refractivity contribution is 0.271. The Bertz CT molecular complexity index is 1560. The van der Waals surface area contributed by atoms with E-state index < -0.39 is 10.9 Å². The van der Waals surface area contributed by atoms with Crippen LogP contribution in [0.3, 0.4) is 0 Å². The van der Waals surface area contributed by atoms with Crippen LogP contribution in [0, 0.1) is 0 Å². The Hall–Kier alpha value is -4.18. The molecule has 0 aliphatic carbocycles. The first kappa shape index (κ1) is 27.4. The van der Waals surface area contributed by atoms with Gasteiger partial charge in [0.05, 0.1) is 20.3 Å². The summed E-state index contributed by atoms with van der Waals surface area (Å²) in [5.74, 6) is 1.42. The van der Waals surface area contributed by atoms with Crippen LogP contribution in [-0.2, 0) is 0 Å². The van der Waals surface area contributed by atoms with Gasteiger partial charge >= 0.3 is 0 Å². The molecule has 1 aliphatic heterocycles. The first-order valence-electron chi connectivity index (χ1n) is 13.7. The molecule has 212 valence electrons. The van der Waals surface area contributed by atoms with E-state index in [2.05, 4.69) is 28.1 Å². The number of nitrogens with two attached hydrogens (primary N) is 1. The highest BCUT2D eigenvalue weighted by molar-refractivity contribution is 5.98. The number of hydrogen-bond acceptors (Lipinski definition) is 9. The molecule has 1 saturated heterocycles. The van der Waals surface area contributed by atoms with Crippen LogP contribution in [0.1, 0.15) is 31.4 Å². The van der Waals surface area contributed by atoms with Crippen LogP contribution < -0.4 is 36.3 Å². The number of rotatable bonds is 11. The third-order valence-electron chi connectivity index (χ3n) is 8.03. The van der Waals surface area contributed by atoms with E-state index in [1.54, 1.807) is 14.2 Å². The second kappa shape index (κ2) is 11.5. The molecule has 0 bridgehead atoms. The molecule has 40 heavy (non-hydrogen) atoms. The summed E-state index contributed by atoms with van der Waals surface area (Å²) in [6, 6.07) is 11.6. The number of fused-ring (bicyclic) bond motifs is 1. The fraction of sp³-hybridized carbons (Fsp3) is 0.400. The number of benzene rings is 2. The Morgan fingerprint density at radius 2 is 1.75 bits per heavy atom. The summed E-state index contributed by atoms with van der Waals surface area (Å²) in [5, 5.41) is 16.3. The quantitative estimate of drug-likeness (QED) is 0.192. The second-order valence-electron chi connectivity index (χ2n) is 10.2. The average Bonchev–Trinajstić information content (AvgIpc) is 3.34. The molecule has 1 aliphatic rings. The van der Waals surface area contributed by atoms with Crippen molar-refractivity contribution in [1.29, 1.82) is 0 Å². The highest BCUT2D eigenvalue weighted by Gasteiger charge is 2.24. The van der Waals surface area contributed by atoms with Crippen LogP contribution in [0.5, 0.6) is 17.4 Å². The normalized spacial score (nSPS) is 15.0. The minimum atomic E-state index is -0.637. The van der Waals surface area contributed by atoms with Crippen molar-refractivity contribution in [3.63, 3.8) is 0 Å². The highest BCUT2D eigenvalue weighted by atomic mass is 16.5. The fourth-order valence-corrected chi connectivity index (χ4v) is 5.66. The third kappa shape index (κ3) is 4.95. The third-order valence-corrected chi connectivity index (χ3v) is 8.03. The Kier molecular flexibility index (Phi) is 7.88. The molecule has 10 heteroatoms. The Morgan fingerprint density at radius 3 is 2.42 bits per heavy atom. The number of ether oxygens (including phenoxy) is 2. The van der Waals surface area contributed by atoms with Gasteiger partial charge < -0.3 is 40.0 Å². The van der Waals surface area contributed by atoms with Gasteiger partial charge in [0.2, 0.25) is 0 Å². The number of likely N-dealkylation sites (N-methyl/N-ethyl adjacent to an activating group) is 1. The molecule has 1 aromatic heterocycles. The van der Waals surface area contributed by atoms with E-state index in [1.165, 1.54) is 0 Å². The van der Waals surface area contributed by atoms with Crippen LogP contribution in [0.15, 0.2) is 52.2 Å². The fourth-order valence-electron chi connectivity index (χ4n) is 5.66. The average molecular weight is 548 g/mol. The number of nitrogens with one attached hydrogen (secondary N) is 1. The zero-order valence-electron chi connectivity index (χ0n) is 23.3. The van der Waals surface area contributed by atoms with Gasteiger partial charge in [-0.25, -0.2) is 0 Å². The molecule has 2 heterocycles. The lowest BCUT2D eigenvalue weighted by Gasteiger charge is -2.35. The van der Waals surface area contributed by atoms with E-state index >= 15 is 0 Å². The van der Waals surface area contributed by atoms with Crippen molar-refractivity contribution < 1.29 is 14.6 Å². The molecule has 0 saturated carbocycles. The van der Waals surface area contributed by atoms with Crippen molar-refractivity contribution in [3.05, 3.63) is 68.6 Å². The van der Waals surface area contributed by atoms with Gasteiger partial charge in [-0.3, -0.25) is 9.59 Å². The van der Waals surface area contributed by atoms with Gasteiger partial charge in [0, 0.05) is 55.4 Å². The van der Waals surface area contributed by atoms with Crippen molar-refractivity contribution in [3.8, 4) is 17.4 Å². The Balaban J connectivity index is 1.47. The zero-order chi connectivity index (χ0) is 28.4. The first-order chi connectivity index (χ1) is 19.4. The van der Waals surface area contributed by atoms with Crippen molar-refractivity contribution >= 4 is 27.8 Å². The van der Waals surface area contributed by atoms with Gasteiger partial charge in [-0.2, -0.15) is 0 Å². The van der Waals surface area contributed by atoms with Gasteiger partial charge in [0.1, 0.15) is 11.4 Å². The Morgan fingerprint density at radius 1 is 1.00 bits per heavy atom. The molecule has 0 amide bonds. The number of nitrogen functional groups attached to an aromatic ring is 1. The first-order valence-corrected chi connectivity index (χ1v) is 13.7. The predicted octanol–water partition coefficient (Wildman–Crippen LogP) is 3.17. The van der Waals surface area contributed by atoms with E-state index in [-0.39, 0.29) is 23.3 Å². The molecule has 5 rings (SSSR count). The van der Waals surface area contributed by atoms with Crippen molar-refractivity contribution in [2.24, 2.45) is 0 Å². The zero-order valence-corrected chi connectivity index (χ0v) is 23.3. The maximum atomic E-state index is 11.8. The number of hydrogen-bond donors (Lipinski definition) is 3. The molecule has 4 aromatic rings. The van der Waals surface area contributed by atoms with Gasteiger partial charge in [0.25, 0.3) is 10.9 Å². The maximum Gasteiger partial charge on any atom is 0.253 e. The van der Waals surface area contributed by atoms with Gasteiger partial charge in [-0.15, -0.1) is 0 Å². The van der Waals surface area contributed by atoms with Gasteiger partial charge in [-0.1, -0.05) is 19.1 Å². The number of aromatic hydroxyl groups is 1.